The van der Waals surface area contributed by atoms with Gasteiger partial charge in [-0.2, -0.15) is 0 Å². The van der Waals surface area contributed by atoms with E-state index >= 15 is 0 Å². The maximum atomic E-state index is 11.3. The Kier molecular flexibility index (Phi) is 3.88. The highest BCUT2D eigenvalue weighted by atomic mass is 16.2. The number of carbonyl (C=O) groups is 2. The highest BCUT2D eigenvalue weighted by Gasteiger charge is 2.19. The topological polar surface area (TPSA) is 84.2 Å². The fraction of sp³-hybridized carbons (Fsp3) is 0.778. The van der Waals surface area contributed by atoms with Gasteiger partial charge in [0.15, 0.2) is 0 Å². The number of nitrogens with two attached hydrogens (primary N) is 1. The smallest absolute Gasteiger partial charge is 0.221 e. The molecule has 1 rings (SSSR count). The van der Waals surface area contributed by atoms with E-state index in [0.717, 1.165) is 6.42 Å². The summed E-state index contributed by atoms with van der Waals surface area (Å²) >= 11 is 0. The molecule has 1 aliphatic rings. The van der Waals surface area contributed by atoms with Crippen molar-refractivity contribution in [1.29, 1.82) is 0 Å². The number of rotatable bonds is 3. The van der Waals surface area contributed by atoms with Crippen LogP contribution in [0.1, 0.15) is 26.2 Å². The largest absolute Gasteiger partial charge is 0.354 e. The first-order valence-corrected chi connectivity index (χ1v) is 4.89. The highest BCUT2D eigenvalue weighted by Crippen LogP contribution is 2.02. The molecule has 0 bridgehead atoms. The van der Waals surface area contributed by atoms with Crippen LogP contribution in [0.3, 0.4) is 0 Å². The van der Waals surface area contributed by atoms with Crippen molar-refractivity contribution in [2.75, 3.05) is 6.54 Å². The number of hydrogen-bond acceptors (Lipinski definition) is 3. The van der Waals surface area contributed by atoms with Crippen molar-refractivity contribution in [3.8, 4) is 0 Å². The van der Waals surface area contributed by atoms with Gasteiger partial charge in [0.05, 0.1) is 0 Å². The fourth-order valence-corrected chi connectivity index (χ4v) is 1.44. The van der Waals surface area contributed by atoms with E-state index in [1.165, 1.54) is 0 Å². The number of hydrogen-bond donors (Lipinski definition) is 3. The second kappa shape index (κ2) is 4.95. The minimum absolute atomic E-state index is 0.0406. The van der Waals surface area contributed by atoms with Crippen LogP contribution in [-0.4, -0.2) is 30.4 Å². The molecule has 0 saturated carbocycles. The first-order valence-electron chi connectivity index (χ1n) is 4.89. The van der Waals surface area contributed by atoms with E-state index in [4.69, 9.17) is 5.73 Å². The van der Waals surface area contributed by atoms with Gasteiger partial charge in [-0.05, 0) is 13.3 Å². The summed E-state index contributed by atoms with van der Waals surface area (Å²) in [5.74, 6) is 0.0174. The van der Waals surface area contributed by atoms with Gasteiger partial charge >= 0.3 is 0 Å². The summed E-state index contributed by atoms with van der Waals surface area (Å²) in [6.07, 6.45) is 1.55. The van der Waals surface area contributed by atoms with E-state index in [2.05, 4.69) is 10.6 Å². The van der Waals surface area contributed by atoms with Crippen molar-refractivity contribution in [3.63, 3.8) is 0 Å². The number of amides is 2. The summed E-state index contributed by atoms with van der Waals surface area (Å²) in [4.78, 5) is 22.1. The van der Waals surface area contributed by atoms with Crippen LogP contribution in [0, 0.1) is 0 Å². The van der Waals surface area contributed by atoms with Crippen LogP contribution in [0.25, 0.3) is 0 Å². The lowest BCUT2D eigenvalue weighted by Gasteiger charge is -2.23. The molecular weight excluding hydrogens is 182 g/mol. The van der Waals surface area contributed by atoms with Gasteiger partial charge in [0, 0.05) is 31.5 Å². The Hall–Kier alpha value is -1.10. The van der Waals surface area contributed by atoms with Crippen LogP contribution in [0.4, 0.5) is 0 Å². The second-order valence-electron chi connectivity index (χ2n) is 3.79. The van der Waals surface area contributed by atoms with E-state index in [1.54, 1.807) is 6.92 Å². The van der Waals surface area contributed by atoms with E-state index in [9.17, 15) is 9.59 Å². The number of carbonyl (C=O) groups excluding carboxylic acids is 2. The van der Waals surface area contributed by atoms with Crippen molar-refractivity contribution < 1.29 is 9.59 Å². The Morgan fingerprint density at radius 1 is 1.79 bits per heavy atom. The maximum Gasteiger partial charge on any atom is 0.221 e. The lowest BCUT2D eigenvalue weighted by Crippen LogP contribution is -2.48. The minimum atomic E-state index is -0.117. The summed E-state index contributed by atoms with van der Waals surface area (Å²) in [7, 11) is 0. The summed E-state index contributed by atoms with van der Waals surface area (Å²) < 4.78 is 0. The van der Waals surface area contributed by atoms with E-state index in [1.807, 2.05) is 0 Å². The first-order chi connectivity index (χ1) is 6.58. The normalized spacial score (nSPS) is 23.9. The van der Waals surface area contributed by atoms with E-state index < -0.39 is 0 Å². The highest BCUT2D eigenvalue weighted by molar-refractivity contribution is 5.79. The quantitative estimate of drug-likeness (QED) is 0.552. The molecule has 2 amide bonds. The van der Waals surface area contributed by atoms with Gasteiger partial charge in [-0.1, -0.05) is 0 Å². The predicted molar refractivity (Wildman–Crippen MR) is 52.4 cm³/mol. The Bertz CT molecular complexity index is 218. The third kappa shape index (κ3) is 3.74. The van der Waals surface area contributed by atoms with Gasteiger partial charge in [-0.3, -0.25) is 9.59 Å². The lowest BCUT2D eigenvalue weighted by atomic mass is 10.1. The Balaban J connectivity index is 2.24. The van der Waals surface area contributed by atoms with Crippen molar-refractivity contribution >= 4 is 11.8 Å². The molecule has 1 aliphatic heterocycles. The van der Waals surface area contributed by atoms with Crippen molar-refractivity contribution in [3.05, 3.63) is 0 Å². The Morgan fingerprint density at radius 2 is 2.50 bits per heavy atom. The van der Waals surface area contributed by atoms with E-state index in [0.29, 0.717) is 19.4 Å². The summed E-state index contributed by atoms with van der Waals surface area (Å²) in [6.45, 7) is 2.33. The van der Waals surface area contributed by atoms with Gasteiger partial charge in [-0.15, -0.1) is 0 Å². The zero-order chi connectivity index (χ0) is 10.6. The molecule has 1 heterocycles. The van der Waals surface area contributed by atoms with Crippen LogP contribution in [0.5, 0.6) is 0 Å². The Morgan fingerprint density at radius 3 is 3.00 bits per heavy atom. The van der Waals surface area contributed by atoms with Gasteiger partial charge in [0.1, 0.15) is 0 Å². The van der Waals surface area contributed by atoms with Crippen molar-refractivity contribution in [2.45, 2.75) is 38.3 Å². The molecule has 0 aromatic rings. The molecule has 0 aliphatic carbocycles. The van der Waals surface area contributed by atoms with Crippen LogP contribution < -0.4 is 16.4 Å². The molecule has 0 aromatic heterocycles. The van der Waals surface area contributed by atoms with Gasteiger partial charge in [0.2, 0.25) is 11.8 Å². The maximum absolute atomic E-state index is 11.3. The third-order valence-corrected chi connectivity index (χ3v) is 2.14. The lowest BCUT2D eigenvalue weighted by molar-refractivity contribution is -0.125. The summed E-state index contributed by atoms with van der Waals surface area (Å²) in [5, 5.41) is 5.54. The standard InChI is InChI=1S/C9H17N3O2/c1-6(10)4-9(14)12-7-2-3-8(13)11-5-7/h6-7H,2-5,10H2,1H3,(H,11,13)(H,12,14). The molecule has 4 N–H and O–H groups in total. The fourth-order valence-electron chi connectivity index (χ4n) is 1.44. The van der Waals surface area contributed by atoms with E-state index in [-0.39, 0.29) is 23.9 Å². The van der Waals surface area contributed by atoms with Gasteiger partial charge in [0.25, 0.3) is 0 Å². The van der Waals surface area contributed by atoms with Crippen molar-refractivity contribution in [1.82, 2.24) is 10.6 Å². The van der Waals surface area contributed by atoms with Gasteiger partial charge in [-0.25, -0.2) is 0 Å². The molecule has 0 aromatic carbocycles. The molecule has 1 fully saturated rings. The number of nitrogens with one attached hydrogen (secondary N) is 2. The van der Waals surface area contributed by atoms with Crippen LogP contribution in [-0.2, 0) is 9.59 Å². The second-order valence-corrected chi connectivity index (χ2v) is 3.79. The average molecular weight is 199 g/mol. The summed E-state index contributed by atoms with van der Waals surface area (Å²) in [6, 6.07) is -0.0490. The van der Waals surface area contributed by atoms with Crippen LogP contribution >= 0.6 is 0 Å². The SMILES string of the molecule is CC(N)CC(=O)NC1CCC(=O)NC1. The molecule has 5 heteroatoms. The third-order valence-electron chi connectivity index (χ3n) is 2.14. The zero-order valence-corrected chi connectivity index (χ0v) is 8.38. The molecule has 2 unspecified atom stereocenters. The molecule has 0 spiro atoms. The molecule has 14 heavy (non-hydrogen) atoms. The Labute approximate surface area is 83.4 Å². The van der Waals surface area contributed by atoms with Crippen LogP contribution in [0.15, 0.2) is 0 Å². The first kappa shape index (κ1) is 11.0. The molecule has 1 saturated heterocycles. The van der Waals surface area contributed by atoms with Crippen molar-refractivity contribution in [2.24, 2.45) is 5.73 Å². The average Bonchev–Trinajstić information content (AvgIpc) is 2.07. The molecule has 2 atom stereocenters. The summed E-state index contributed by atoms with van der Waals surface area (Å²) in [5.41, 5.74) is 5.49. The zero-order valence-electron chi connectivity index (χ0n) is 8.38. The molecule has 80 valence electrons. The minimum Gasteiger partial charge on any atom is -0.354 e. The van der Waals surface area contributed by atoms with Gasteiger partial charge < -0.3 is 16.4 Å². The molecular formula is C9H17N3O2. The number of piperidine rings is 1. The monoisotopic (exact) mass is 199 g/mol. The van der Waals surface area contributed by atoms with Crippen LogP contribution in [0.2, 0.25) is 0 Å². The predicted octanol–water partition coefficient (Wildman–Crippen LogP) is -0.881. The molecule has 5 nitrogen and oxygen atoms in total. The molecule has 0 radical (unpaired) electrons.